The summed E-state index contributed by atoms with van der Waals surface area (Å²) in [6.45, 7) is -0.358. The van der Waals surface area contributed by atoms with Gasteiger partial charge >= 0.3 is 0 Å². The summed E-state index contributed by atoms with van der Waals surface area (Å²) in [5.41, 5.74) is 1.04. The first-order valence-corrected chi connectivity index (χ1v) is 10.6. The molecule has 0 aliphatic carbocycles. The summed E-state index contributed by atoms with van der Waals surface area (Å²) >= 11 is 0. The lowest BCUT2D eigenvalue weighted by Crippen LogP contribution is -2.31. The topological polar surface area (TPSA) is 110 Å². The molecule has 0 unspecified atom stereocenters. The number of pyridine rings is 1. The molecule has 0 saturated carbocycles. The fourth-order valence-corrected chi connectivity index (χ4v) is 4.39. The van der Waals surface area contributed by atoms with Gasteiger partial charge in [-0.2, -0.15) is 5.10 Å². The van der Waals surface area contributed by atoms with Gasteiger partial charge in [-0.05, 0) is 36.4 Å². The van der Waals surface area contributed by atoms with Gasteiger partial charge in [-0.1, -0.05) is 6.07 Å². The molecule has 0 saturated heterocycles. The van der Waals surface area contributed by atoms with Crippen LogP contribution < -0.4 is 9.44 Å². The summed E-state index contributed by atoms with van der Waals surface area (Å²) in [6, 6.07) is 9.30. The summed E-state index contributed by atoms with van der Waals surface area (Å²) < 4.78 is 67.6. The Morgan fingerprint density at radius 3 is 2.65 bits per heavy atom. The Morgan fingerprint density at radius 1 is 1.08 bits per heavy atom. The van der Waals surface area contributed by atoms with Crippen molar-refractivity contribution >= 4 is 31.3 Å². The Balaban J connectivity index is 1.62. The number of nitrogens with zero attached hydrogens (tertiary/aromatic N) is 2. The van der Waals surface area contributed by atoms with Crippen LogP contribution in [-0.2, 0) is 20.0 Å². The van der Waals surface area contributed by atoms with Gasteiger partial charge in [0.05, 0.1) is 21.9 Å². The number of sulfonamides is 2. The van der Waals surface area contributed by atoms with Crippen LogP contribution in [0.15, 0.2) is 59.8 Å². The molecule has 3 rings (SSSR count). The van der Waals surface area contributed by atoms with Crippen LogP contribution in [0.3, 0.4) is 0 Å². The van der Waals surface area contributed by atoms with Crippen molar-refractivity contribution in [3.63, 3.8) is 0 Å². The van der Waals surface area contributed by atoms with Crippen molar-refractivity contribution in [2.45, 2.75) is 4.90 Å². The first kappa shape index (κ1) is 18.3. The molecule has 0 amide bonds. The molecule has 0 atom stereocenters. The van der Waals surface area contributed by atoms with Gasteiger partial charge in [0.2, 0.25) is 20.0 Å². The predicted molar refractivity (Wildman–Crippen MR) is 94.2 cm³/mol. The first-order chi connectivity index (χ1) is 12.3. The second kappa shape index (κ2) is 7.02. The third kappa shape index (κ3) is 4.36. The first-order valence-electron chi connectivity index (χ1n) is 7.44. The van der Waals surface area contributed by atoms with Crippen molar-refractivity contribution < 1.29 is 21.2 Å². The van der Waals surface area contributed by atoms with E-state index < -0.39 is 31.6 Å². The molecular weight excluding hydrogens is 383 g/mol. The molecule has 8 nitrogen and oxygen atoms in total. The van der Waals surface area contributed by atoms with E-state index in [1.54, 1.807) is 29.0 Å². The normalized spacial score (nSPS) is 12.3. The van der Waals surface area contributed by atoms with Gasteiger partial charge in [-0.3, -0.25) is 4.72 Å². The van der Waals surface area contributed by atoms with Gasteiger partial charge in [-0.25, -0.2) is 30.5 Å². The Bertz CT molecular complexity index is 1140. The number of benzene rings is 1. The van der Waals surface area contributed by atoms with Crippen LogP contribution >= 0.6 is 0 Å². The van der Waals surface area contributed by atoms with Gasteiger partial charge in [0.15, 0.2) is 0 Å². The van der Waals surface area contributed by atoms with E-state index in [-0.39, 0.29) is 11.4 Å². The summed E-state index contributed by atoms with van der Waals surface area (Å²) in [6.07, 6.45) is 3.18. The molecule has 2 aromatic heterocycles. The molecule has 11 heteroatoms. The van der Waals surface area contributed by atoms with Gasteiger partial charge in [0.1, 0.15) is 5.82 Å². The fourth-order valence-electron chi connectivity index (χ4n) is 2.24. The van der Waals surface area contributed by atoms with Crippen LogP contribution in [0.25, 0.3) is 5.52 Å². The van der Waals surface area contributed by atoms with Crippen LogP contribution in [0.1, 0.15) is 0 Å². The Labute approximate surface area is 149 Å². The van der Waals surface area contributed by atoms with E-state index >= 15 is 0 Å². The second-order valence-corrected chi connectivity index (χ2v) is 9.00. The molecule has 2 heterocycles. The van der Waals surface area contributed by atoms with E-state index in [0.29, 0.717) is 11.2 Å². The molecule has 26 heavy (non-hydrogen) atoms. The number of halogens is 1. The molecule has 0 fully saturated rings. The van der Waals surface area contributed by atoms with Crippen molar-refractivity contribution in [2.24, 2.45) is 0 Å². The second-order valence-electron chi connectivity index (χ2n) is 5.39. The van der Waals surface area contributed by atoms with E-state index in [0.717, 1.165) is 12.1 Å². The minimum Gasteiger partial charge on any atom is -0.283 e. The smallest absolute Gasteiger partial charge is 0.240 e. The number of rotatable bonds is 7. The lowest BCUT2D eigenvalue weighted by atomic mass is 10.4. The molecule has 3 aromatic rings. The highest BCUT2D eigenvalue weighted by atomic mass is 32.2. The fraction of sp³-hybridized carbons (Fsp3) is 0.133. The zero-order valence-electron chi connectivity index (χ0n) is 13.3. The molecule has 0 spiro atoms. The number of fused-ring (bicyclic) bond motifs is 1. The van der Waals surface area contributed by atoms with Crippen molar-refractivity contribution in [1.82, 2.24) is 14.3 Å². The van der Waals surface area contributed by atoms with E-state index in [4.69, 9.17) is 0 Å². The number of nitrogens with one attached hydrogen (secondary N) is 2. The number of hydrogen-bond acceptors (Lipinski definition) is 5. The Morgan fingerprint density at radius 2 is 1.88 bits per heavy atom. The molecule has 0 radical (unpaired) electrons. The molecular formula is C15H15FN4O4S2. The third-order valence-electron chi connectivity index (χ3n) is 3.44. The quantitative estimate of drug-likeness (QED) is 0.621. The molecule has 0 bridgehead atoms. The van der Waals surface area contributed by atoms with Crippen LogP contribution in [0.4, 0.5) is 10.1 Å². The highest BCUT2D eigenvalue weighted by Crippen LogP contribution is 2.13. The maximum absolute atomic E-state index is 13.1. The van der Waals surface area contributed by atoms with Crippen LogP contribution in [0.2, 0.25) is 0 Å². The largest absolute Gasteiger partial charge is 0.283 e. The third-order valence-corrected chi connectivity index (χ3v) is 6.19. The van der Waals surface area contributed by atoms with Crippen molar-refractivity contribution in [3.8, 4) is 0 Å². The number of hydrogen-bond donors (Lipinski definition) is 2. The standard InChI is InChI=1S/C15H15FN4O4S2/c16-12-2-1-3-15(10-12)26(23,24)18-7-9-25(21,22)19-13-5-8-20-14(11-13)4-6-17-20/h1-6,8,10-11,18-19H,7,9H2. The van der Waals surface area contributed by atoms with E-state index in [1.807, 2.05) is 0 Å². The number of anilines is 1. The summed E-state index contributed by atoms with van der Waals surface area (Å²) in [5.74, 6) is -1.18. The highest BCUT2D eigenvalue weighted by Gasteiger charge is 2.17. The van der Waals surface area contributed by atoms with Crippen LogP contribution in [-0.4, -0.2) is 38.7 Å². The lowest BCUT2D eigenvalue weighted by molar-refractivity contribution is 0.578. The maximum Gasteiger partial charge on any atom is 0.240 e. The van der Waals surface area contributed by atoms with Crippen LogP contribution in [0.5, 0.6) is 0 Å². The van der Waals surface area contributed by atoms with Crippen LogP contribution in [0, 0.1) is 5.82 Å². The molecule has 2 N–H and O–H groups in total. The van der Waals surface area contributed by atoms with Gasteiger partial charge in [0, 0.05) is 18.9 Å². The minimum absolute atomic E-state index is 0.269. The SMILES string of the molecule is O=S(=O)(CCNS(=O)(=O)c1cccc(F)c1)Nc1ccn2nccc2c1. The predicted octanol–water partition coefficient (Wildman–Crippen LogP) is 1.19. The maximum atomic E-state index is 13.1. The monoisotopic (exact) mass is 398 g/mol. The van der Waals surface area contributed by atoms with Crippen molar-refractivity contribution in [1.29, 1.82) is 0 Å². The summed E-state index contributed by atoms with van der Waals surface area (Å²) in [7, 11) is -7.77. The van der Waals surface area contributed by atoms with Crippen molar-refractivity contribution in [3.05, 3.63) is 60.7 Å². The Kier molecular flexibility index (Phi) is 4.94. The average Bonchev–Trinajstić information content (AvgIpc) is 3.01. The molecule has 0 aliphatic heterocycles. The summed E-state index contributed by atoms with van der Waals surface area (Å²) in [4.78, 5) is -0.269. The van der Waals surface area contributed by atoms with Gasteiger partial charge in [0.25, 0.3) is 0 Å². The Hall–Kier alpha value is -2.50. The van der Waals surface area contributed by atoms with Gasteiger partial charge < -0.3 is 0 Å². The highest BCUT2D eigenvalue weighted by molar-refractivity contribution is 7.92. The lowest BCUT2D eigenvalue weighted by Gasteiger charge is -2.10. The molecule has 138 valence electrons. The van der Waals surface area contributed by atoms with Crippen molar-refractivity contribution in [2.75, 3.05) is 17.0 Å². The van der Waals surface area contributed by atoms with E-state index in [9.17, 15) is 21.2 Å². The zero-order valence-corrected chi connectivity index (χ0v) is 15.0. The molecule has 0 aliphatic rings. The zero-order chi connectivity index (χ0) is 18.8. The minimum atomic E-state index is -3.99. The summed E-state index contributed by atoms with van der Waals surface area (Å²) in [5, 5.41) is 4.00. The number of aromatic nitrogens is 2. The van der Waals surface area contributed by atoms with Gasteiger partial charge in [-0.15, -0.1) is 0 Å². The average molecular weight is 398 g/mol. The van der Waals surface area contributed by atoms with E-state index in [1.165, 1.54) is 18.2 Å². The molecule has 1 aromatic carbocycles. The van der Waals surface area contributed by atoms with E-state index in [2.05, 4.69) is 14.5 Å².